The third-order valence-electron chi connectivity index (χ3n) is 3.13. The van der Waals surface area contributed by atoms with E-state index in [1.165, 1.54) is 0 Å². The third-order valence-corrected chi connectivity index (χ3v) is 3.38. The van der Waals surface area contributed by atoms with Crippen LogP contribution in [0.5, 0.6) is 0 Å². The molecule has 1 aromatic rings. The highest BCUT2D eigenvalue weighted by Gasteiger charge is 2.20. The summed E-state index contributed by atoms with van der Waals surface area (Å²) in [5.41, 5.74) is 0.890. The predicted molar refractivity (Wildman–Crippen MR) is 86.0 cm³/mol. The third kappa shape index (κ3) is 4.90. The van der Waals surface area contributed by atoms with Crippen molar-refractivity contribution in [1.82, 2.24) is 0 Å². The summed E-state index contributed by atoms with van der Waals surface area (Å²) in [6, 6.07) is 7.47. The fourth-order valence-corrected chi connectivity index (χ4v) is 2.16. The second kappa shape index (κ2) is 8.66. The van der Waals surface area contributed by atoms with E-state index in [0.29, 0.717) is 17.9 Å². The molecule has 0 aliphatic heterocycles. The largest absolute Gasteiger partial charge is 0.309 e. The van der Waals surface area contributed by atoms with Crippen molar-refractivity contribution in [2.24, 2.45) is 0 Å². The number of carbonyl (C=O) groups is 1. The molecule has 0 radical (unpaired) electrons. The van der Waals surface area contributed by atoms with Crippen LogP contribution in [0.2, 0.25) is 5.02 Å². The monoisotopic (exact) mass is 291 g/mol. The molecule has 1 aromatic carbocycles. The van der Waals surface area contributed by atoms with Crippen molar-refractivity contribution >= 4 is 23.2 Å². The van der Waals surface area contributed by atoms with Crippen LogP contribution in [-0.4, -0.2) is 11.9 Å². The number of hydrogen-bond acceptors (Lipinski definition) is 1. The maximum absolute atomic E-state index is 12.4. The van der Waals surface area contributed by atoms with Crippen LogP contribution in [0, 0.1) is 11.8 Å². The lowest BCUT2D eigenvalue weighted by Gasteiger charge is -2.28. The number of hydrogen-bond donors (Lipinski definition) is 0. The van der Waals surface area contributed by atoms with Crippen molar-refractivity contribution in [1.29, 1.82) is 0 Å². The fraction of sp³-hybridized carbons (Fsp3) is 0.471. The van der Waals surface area contributed by atoms with E-state index >= 15 is 0 Å². The van der Waals surface area contributed by atoms with E-state index in [9.17, 15) is 4.79 Å². The smallest absolute Gasteiger partial charge is 0.227 e. The van der Waals surface area contributed by atoms with Gasteiger partial charge in [-0.15, -0.1) is 11.8 Å². The summed E-state index contributed by atoms with van der Waals surface area (Å²) < 4.78 is 0. The van der Waals surface area contributed by atoms with Gasteiger partial charge in [-0.3, -0.25) is 4.79 Å². The molecule has 0 aromatic heterocycles. The van der Waals surface area contributed by atoms with Crippen LogP contribution < -0.4 is 4.90 Å². The van der Waals surface area contributed by atoms with E-state index in [-0.39, 0.29) is 11.9 Å². The molecule has 1 unspecified atom stereocenters. The van der Waals surface area contributed by atoms with Crippen molar-refractivity contribution in [3.8, 4) is 11.8 Å². The maximum atomic E-state index is 12.4. The van der Waals surface area contributed by atoms with Gasteiger partial charge >= 0.3 is 0 Å². The maximum Gasteiger partial charge on any atom is 0.227 e. The highest BCUT2D eigenvalue weighted by atomic mass is 35.5. The summed E-state index contributed by atoms with van der Waals surface area (Å²) >= 11 is 5.92. The first-order valence-corrected chi connectivity index (χ1v) is 7.45. The molecular formula is C17H22ClNO. The Morgan fingerprint density at radius 2 is 2.00 bits per heavy atom. The highest BCUT2D eigenvalue weighted by Crippen LogP contribution is 2.22. The van der Waals surface area contributed by atoms with Crippen LogP contribution in [0.1, 0.15) is 46.5 Å². The van der Waals surface area contributed by atoms with Crippen molar-refractivity contribution in [2.45, 2.75) is 52.5 Å². The lowest BCUT2D eigenvalue weighted by molar-refractivity contribution is -0.119. The summed E-state index contributed by atoms with van der Waals surface area (Å²) in [5, 5.41) is 0.677. The quantitative estimate of drug-likeness (QED) is 0.698. The van der Waals surface area contributed by atoms with E-state index in [2.05, 4.69) is 18.8 Å². The lowest BCUT2D eigenvalue weighted by Crippen LogP contribution is -2.38. The average molecular weight is 292 g/mol. The minimum absolute atomic E-state index is 0.0629. The van der Waals surface area contributed by atoms with Gasteiger partial charge in [-0.05, 0) is 44.5 Å². The van der Waals surface area contributed by atoms with Crippen molar-refractivity contribution in [3.63, 3.8) is 0 Å². The van der Waals surface area contributed by atoms with Gasteiger partial charge in [0.1, 0.15) is 0 Å². The summed E-state index contributed by atoms with van der Waals surface area (Å²) in [5.74, 6) is 6.09. The number of rotatable bonds is 6. The first-order chi connectivity index (χ1) is 9.60. The van der Waals surface area contributed by atoms with Gasteiger partial charge in [-0.1, -0.05) is 24.9 Å². The number of halogens is 1. The zero-order valence-electron chi connectivity index (χ0n) is 12.4. The van der Waals surface area contributed by atoms with Crippen LogP contribution in [0.25, 0.3) is 0 Å². The van der Waals surface area contributed by atoms with Crippen molar-refractivity contribution < 1.29 is 4.79 Å². The van der Waals surface area contributed by atoms with Gasteiger partial charge in [0.2, 0.25) is 5.91 Å². The van der Waals surface area contributed by atoms with Crippen LogP contribution in [0.3, 0.4) is 0 Å². The molecule has 0 spiro atoms. The Morgan fingerprint density at radius 1 is 1.35 bits per heavy atom. The molecular weight excluding hydrogens is 270 g/mol. The molecule has 0 heterocycles. The van der Waals surface area contributed by atoms with Gasteiger partial charge in [-0.25, -0.2) is 0 Å². The van der Waals surface area contributed by atoms with Crippen molar-refractivity contribution in [2.75, 3.05) is 4.90 Å². The molecule has 0 saturated heterocycles. The van der Waals surface area contributed by atoms with Crippen LogP contribution in [0.15, 0.2) is 24.3 Å². The number of benzene rings is 1. The fourth-order valence-electron chi connectivity index (χ4n) is 2.04. The van der Waals surface area contributed by atoms with E-state index in [0.717, 1.165) is 18.5 Å². The van der Waals surface area contributed by atoms with Gasteiger partial charge in [0, 0.05) is 29.6 Å². The number of amides is 1. The standard InChI is InChI=1S/C17H22ClNO/c1-4-6-8-14(3)19(17(20)9-7-5-2)16-12-10-15(18)11-13-16/h10-14H,5,7-9H2,1-3H3. The Balaban J connectivity index is 2.95. The Hall–Kier alpha value is -1.46. The number of nitrogens with zero attached hydrogens (tertiary/aromatic N) is 1. The molecule has 20 heavy (non-hydrogen) atoms. The van der Waals surface area contributed by atoms with E-state index in [1.54, 1.807) is 0 Å². The Morgan fingerprint density at radius 3 is 2.55 bits per heavy atom. The highest BCUT2D eigenvalue weighted by molar-refractivity contribution is 6.30. The minimum Gasteiger partial charge on any atom is -0.309 e. The Bertz CT molecular complexity index is 484. The second-order valence-corrected chi connectivity index (χ2v) is 5.26. The zero-order valence-corrected chi connectivity index (χ0v) is 13.2. The summed E-state index contributed by atoms with van der Waals surface area (Å²) in [4.78, 5) is 14.3. The topological polar surface area (TPSA) is 20.3 Å². The van der Waals surface area contributed by atoms with Gasteiger partial charge < -0.3 is 4.90 Å². The van der Waals surface area contributed by atoms with Crippen LogP contribution in [-0.2, 0) is 4.79 Å². The molecule has 0 aliphatic rings. The molecule has 0 bridgehead atoms. The summed E-state index contributed by atoms with van der Waals surface area (Å²) in [6.45, 7) is 5.94. The second-order valence-electron chi connectivity index (χ2n) is 4.82. The minimum atomic E-state index is 0.0629. The number of anilines is 1. The molecule has 108 valence electrons. The van der Waals surface area contributed by atoms with Gasteiger partial charge in [0.05, 0.1) is 0 Å². The number of carbonyl (C=O) groups excluding carboxylic acids is 1. The molecule has 0 aliphatic carbocycles. The van der Waals surface area contributed by atoms with Gasteiger partial charge in [-0.2, -0.15) is 0 Å². The average Bonchev–Trinajstić information content (AvgIpc) is 2.45. The SMILES string of the molecule is CC#CCC(C)N(C(=O)CCCC)c1ccc(Cl)cc1. The zero-order chi connectivity index (χ0) is 15.0. The molecule has 0 saturated carbocycles. The number of unbranched alkanes of at least 4 members (excludes halogenated alkanes) is 1. The molecule has 0 N–H and O–H groups in total. The van der Waals surface area contributed by atoms with E-state index in [1.807, 2.05) is 43.0 Å². The van der Waals surface area contributed by atoms with Crippen LogP contribution in [0.4, 0.5) is 5.69 Å². The molecule has 1 amide bonds. The molecule has 1 atom stereocenters. The first kappa shape index (κ1) is 16.6. The first-order valence-electron chi connectivity index (χ1n) is 7.07. The molecule has 2 nitrogen and oxygen atoms in total. The summed E-state index contributed by atoms with van der Waals surface area (Å²) in [7, 11) is 0. The normalized spacial score (nSPS) is 11.4. The molecule has 1 rings (SSSR count). The summed E-state index contributed by atoms with van der Waals surface area (Å²) in [6.07, 6.45) is 3.18. The van der Waals surface area contributed by atoms with Crippen LogP contribution >= 0.6 is 11.6 Å². The van der Waals surface area contributed by atoms with Gasteiger partial charge in [0.25, 0.3) is 0 Å². The van der Waals surface area contributed by atoms with Crippen molar-refractivity contribution in [3.05, 3.63) is 29.3 Å². The van der Waals surface area contributed by atoms with E-state index < -0.39 is 0 Å². The molecule has 3 heteroatoms. The Kier molecular flexibility index (Phi) is 7.18. The van der Waals surface area contributed by atoms with E-state index in [4.69, 9.17) is 11.6 Å². The Labute approximate surface area is 127 Å². The molecule has 0 fully saturated rings. The predicted octanol–water partition coefficient (Wildman–Crippen LogP) is 4.67. The van der Waals surface area contributed by atoms with Gasteiger partial charge in [0.15, 0.2) is 0 Å². The lowest BCUT2D eigenvalue weighted by atomic mass is 10.1.